The summed E-state index contributed by atoms with van der Waals surface area (Å²) >= 11 is 0. The van der Waals surface area contributed by atoms with Gasteiger partial charge in [0, 0.05) is 12.5 Å². The average molecular weight is 280 g/mol. The number of halogens is 1. The van der Waals surface area contributed by atoms with E-state index in [0.29, 0.717) is 11.4 Å². The van der Waals surface area contributed by atoms with Crippen molar-refractivity contribution in [2.75, 3.05) is 7.11 Å². The van der Waals surface area contributed by atoms with E-state index in [9.17, 15) is 9.18 Å². The van der Waals surface area contributed by atoms with Crippen LogP contribution in [0.4, 0.5) is 4.39 Å². The summed E-state index contributed by atoms with van der Waals surface area (Å²) in [5.41, 5.74) is 6.27. The highest BCUT2D eigenvalue weighted by molar-refractivity contribution is 5.73. The van der Waals surface area contributed by atoms with Crippen LogP contribution in [0.1, 0.15) is 5.69 Å². The zero-order valence-electron chi connectivity index (χ0n) is 10.7. The lowest BCUT2D eigenvalue weighted by molar-refractivity contribution is -0.138. The van der Waals surface area contributed by atoms with Gasteiger partial charge in [0.2, 0.25) is 0 Å². The molecule has 20 heavy (non-hydrogen) atoms. The lowest BCUT2D eigenvalue weighted by Gasteiger charge is -2.04. The van der Waals surface area contributed by atoms with Gasteiger partial charge in [0.25, 0.3) is 0 Å². The summed E-state index contributed by atoms with van der Waals surface area (Å²) in [7, 11) is 1.37. The van der Waals surface area contributed by atoms with Crippen molar-refractivity contribution in [2.24, 2.45) is 5.73 Å². The van der Waals surface area contributed by atoms with Crippen LogP contribution in [-0.2, 0) is 11.2 Å². The highest BCUT2D eigenvalue weighted by Gasteiger charge is 2.15. The highest BCUT2D eigenvalue weighted by atomic mass is 19.1. The number of aromatic nitrogens is 3. The highest BCUT2D eigenvalue weighted by Crippen LogP contribution is 2.19. The summed E-state index contributed by atoms with van der Waals surface area (Å²) in [6.45, 7) is 0. The van der Waals surface area contributed by atoms with Crippen molar-refractivity contribution < 1.29 is 19.0 Å². The Kier molecular flexibility index (Phi) is 3.94. The molecule has 1 unspecified atom stereocenters. The van der Waals surface area contributed by atoms with E-state index < -0.39 is 17.8 Å². The number of rotatable bonds is 5. The molecule has 2 rings (SSSR count). The molecule has 1 aromatic carbocycles. The summed E-state index contributed by atoms with van der Waals surface area (Å²) in [6.07, 6.45) is 1.55. The Morgan fingerprint density at radius 1 is 1.60 bits per heavy atom. The molecule has 0 saturated carbocycles. The molecular formula is C12H13FN4O3. The summed E-state index contributed by atoms with van der Waals surface area (Å²) in [5.74, 6) is -1.51. The van der Waals surface area contributed by atoms with Gasteiger partial charge in [0.15, 0.2) is 11.6 Å². The number of hydrogen-bond acceptors (Lipinski definition) is 5. The van der Waals surface area contributed by atoms with E-state index in [4.69, 9.17) is 15.6 Å². The zero-order valence-corrected chi connectivity index (χ0v) is 10.7. The van der Waals surface area contributed by atoms with Crippen molar-refractivity contribution in [1.82, 2.24) is 15.0 Å². The quantitative estimate of drug-likeness (QED) is 0.820. The monoisotopic (exact) mass is 280 g/mol. The number of carboxylic acids is 1. The van der Waals surface area contributed by atoms with E-state index >= 15 is 0 Å². The largest absolute Gasteiger partial charge is 0.494 e. The Hall–Kier alpha value is -2.48. The molecule has 8 heteroatoms. The maximum Gasteiger partial charge on any atom is 0.320 e. The summed E-state index contributed by atoms with van der Waals surface area (Å²) in [6, 6.07) is 3.27. The number of aliphatic carboxylic acids is 1. The van der Waals surface area contributed by atoms with Crippen LogP contribution in [-0.4, -0.2) is 39.2 Å². The number of carbonyl (C=O) groups is 1. The molecule has 2 aromatic rings. The maximum atomic E-state index is 13.6. The van der Waals surface area contributed by atoms with Crippen LogP contribution in [0.5, 0.6) is 5.75 Å². The Bertz CT molecular complexity index is 629. The first kappa shape index (κ1) is 13.9. The third-order valence-electron chi connectivity index (χ3n) is 2.69. The van der Waals surface area contributed by atoms with Crippen LogP contribution >= 0.6 is 0 Å². The number of ether oxygens (including phenoxy) is 1. The molecular weight excluding hydrogens is 267 g/mol. The molecule has 1 heterocycles. The van der Waals surface area contributed by atoms with Crippen molar-refractivity contribution in [1.29, 1.82) is 0 Å². The lowest BCUT2D eigenvalue weighted by atomic mass is 10.2. The second-order valence-electron chi connectivity index (χ2n) is 4.12. The van der Waals surface area contributed by atoms with Gasteiger partial charge in [-0.25, -0.2) is 9.07 Å². The van der Waals surface area contributed by atoms with Gasteiger partial charge in [-0.1, -0.05) is 5.21 Å². The first-order valence-electron chi connectivity index (χ1n) is 5.75. The van der Waals surface area contributed by atoms with E-state index in [1.807, 2.05) is 0 Å². The van der Waals surface area contributed by atoms with Crippen LogP contribution < -0.4 is 10.5 Å². The Balaban J connectivity index is 2.20. The number of hydrogen-bond donors (Lipinski definition) is 2. The van der Waals surface area contributed by atoms with E-state index in [1.165, 1.54) is 30.1 Å². The lowest BCUT2D eigenvalue weighted by Crippen LogP contribution is -2.32. The Labute approximate surface area is 113 Å². The minimum absolute atomic E-state index is 0.0496. The first-order valence-corrected chi connectivity index (χ1v) is 5.75. The third-order valence-corrected chi connectivity index (χ3v) is 2.69. The van der Waals surface area contributed by atoms with Gasteiger partial charge >= 0.3 is 5.97 Å². The predicted octanol–water partition coefficient (Wildman–Crippen LogP) is 0.369. The summed E-state index contributed by atoms with van der Waals surface area (Å²) < 4.78 is 19.7. The van der Waals surface area contributed by atoms with Gasteiger partial charge < -0.3 is 15.6 Å². The van der Waals surface area contributed by atoms with Gasteiger partial charge in [-0.15, -0.1) is 5.10 Å². The molecule has 3 N–H and O–H groups in total. The smallest absolute Gasteiger partial charge is 0.320 e. The maximum absolute atomic E-state index is 13.6. The SMILES string of the molecule is COc1ccc(-n2cc(CC(N)C(=O)O)nn2)cc1F. The molecule has 0 amide bonds. The molecule has 0 aliphatic heterocycles. The number of carboxylic acid groups (broad SMARTS) is 1. The molecule has 0 radical (unpaired) electrons. The Morgan fingerprint density at radius 2 is 2.35 bits per heavy atom. The topological polar surface area (TPSA) is 103 Å². The van der Waals surface area contributed by atoms with Crippen LogP contribution in [0.3, 0.4) is 0 Å². The average Bonchev–Trinajstić information content (AvgIpc) is 2.87. The van der Waals surface area contributed by atoms with Crippen LogP contribution in [0.25, 0.3) is 5.69 Å². The standard InChI is InChI=1S/C12H13FN4O3/c1-20-11-3-2-8(5-9(11)13)17-6-7(15-16-17)4-10(14)12(18)19/h2-3,5-6,10H,4,14H2,1H3,(H,18,19). The van der Waals surface area contributed by atoms with E-state index in [-0.39, 0.29) is 12.2 Å². The van der Waals surface area contributed by atoms with Crippen LogP contribution in [0.15, 0.2) is 24.4 Å². The van der Waals surface area contributed by atoms with E-state index in [1.54, 1.807) is 6.07 Å². The van der Waals surface area contributed by atoms with Gasteiger partial charge in [0.05, 0.1) is 24.7 Å². The third kappa shape index (κ3) is 2.91. The normalized spacial score (nSPS) is 12.2. The van der Waals surface area contributed by atoms with Gasteiger partial charge in [-0.3, -0.25) is 4.79 Å². The zero-order chi connectivity index (χ0) is 14.7. The minimum Gasteiger partial charge on any atom is -0.494 e. The van der Waals surface area contributed by atoms with Crippen LogP contribution in [0.2, 0.25) is 0 Å². The van der Waals surface area contributed by atoms with E-state index in [0.717, 1.165) is 0 Å². The molecule has 0 aliphatic carbocycles. The number of methoxy groups -OCH3 is 1. The second-order valence-corrected chi connectivity index (χ2v) is 4.12. The summed E-state index contributed by atoms with van der Waals surface area (Å²) in [4.78, 5) is 10.7. The fourth-order valence-electron chi connectivity index (χ4n) is 1.63. The summed E-state index contributed by atoms with van der Waals surface area (Å²) in [5, 5.41) is 16.3. The Morgan fingerprint density at radius 3 is 2.95 bits per heavy atom. The van der Waals surface area contributed by atoms with Gasteiger partial charge in [0.1, 0.15) is 6.04 Å². The van der Waals surface area contributed by atoms with Gasteiger partial charge in [-0.05, 0) is 12.1 Å². The molecule has 0 saturated heterocycles. The fourth-order valence-corrected chi connectivity index (χ4v) is 1.63. The van der Waals surface area contributed by atoms with E-state index in [2.05, 4.69) is 10.3 Å². The van der Waals surface area contributed by atoms with Gasteiger partial charge in [-0.2, -0.15) is 0 Å². The molecule has 1 aromatic heterocycles. The molecule has 0 fully saturated rings. The first-order chi connectivity index (χ1) is 9.51. The minimum atomic E-state index is -1.12. The number of benzene rings is 1. The van der Waals surface area contributed by atoms with Crippen LogP contribution in [0, 0.1) is 5.82 Å². The predicted molar refractivity (Wildman–Crippen MR) is 67.2 cm³/mol. The number of nitrogens with two attached hydrogens (primary N) is 1. The van der Waals surface area contributed by atoms with Crippen molar-refractivity contribution in [3.05, 3.63) is 35.9 Å². The van der Waals surface area contributed by atoms with Crippen molar-refractivity contribution >= 4 is 5.97 Å². The van der Waals surface area contributed by atoms with Crippen molar-refractivity contribution in [2.45, 2.75) is 12.5 Å². The molecule has 106 valence electrons. The second kappa shape index (κ2) is 5.66. The molecule has 1 atom stereocenters. The molecule has 0 aliphatic rings. The molecule has 7 nitrogen and oxygen atoms in total. The van der Waals surface area contributed by atoms with Crippen molar-refractivity contribution in [3.8, 4) is 11.4 Å². The number of nitrogens with zero attached hydrogens (tertiary/aromatic N) is 3. The van der Waals surface area contributed by atoms with Crippen molar-refractivity contribution in [3.63, 3.8) is 0 Å². The molecule has 0 spiro atoms. The molecule has 0 bridgehead atoms. The fraction of sp³-hybridized carbons (Fsp3) is 0.250.